The molecule has 0 saturated carbocycles. The molecule has 2 N–H and O–H groups in total. The number of thiophene rings is 1. The number of carbonyl (C=O) groups excluding carboxylic acids is 1. The van der Waals surface area contributed by atoms with Crippen LogP contribution in [0.4, 0.5) is 16.4 Å². The summed E-state index contributed by atoms with van der Waals surface area (Å²) in [4.78, 5) is 23.6. The van der Waals surface area contributed by atoms with Crippen molar-refractivity contribution in [1.29, 1.82) is 0 Å². The van der Waals surface area contributed by atoms with E-state index < -0.39 is 10.9 Å². The number of benzene rings is 1. The lowest BCUT2D eigenvalue weighted by Gasteiger charge is -2.11. The van der Waals surface area contributed by atoms with Crippen LogP contribution in [0.25, 0.3) is 0 Å². The van der Waals surface area contributed by atoms with Crippen molar-refractivity contribution in [3.63, 3.8) is 0 Å². The minimum atomic E-state index is -0.534. The highest BCUT2D eigenvalue weighted by Gasteiger charge is 2.19. The summed E-state index contributed by atoms with van der Waals surface area (Å²) in [6.45, 7) is 1.97. The van der Waals surface area contributed by atoms with Gasteiger partial charge in [0.1, 0.15) is 16.4 Å². The van der Waals surface area contributed by atoms with Gasteiger partial charge in [-0.1, -0.05) is 6.92 Å². The summed E-state index contributed by atoms with van der Waals surface area (Å²) in [7, 11) is 2.72. The monoisotopic (exact) mass is 395 g/mol. The van der Waals surface area contributed by atoms with E-state index in [0.29, 0.717) is 16.3 Å². The maximum Gasteiger partial charge on any atom is 0.340 e. The van der Waals surface area contributed by atoms with Gasteiger partial charge in [0.25, 0.3) is 5.69 Å². The van der Waals surface area contributed by atoms with Crippen molar-refractivity contribution < 1.29 is 19.2 Å². The Morgan fingerprint density at radius 1 is 1.31 bits per heavy atom. The van der Waals surface area contributed by atoms with Crippen molar-refractivity contribution in [1.82, 2.24) is 0 Å². The van der Waals surface area contributed by atoms with E-state index in [0.717, 1.165) is 11.3 Å². The van der Waals surface area contributed by atoms with Crippen molar-refractivity contribution in [3.8, 4) is 5.75 Å². The molecule has 0 spiro atoms. The molecule has 1 heterocycles. The van der Waals surface area contributed by atoms with E-state index in [1.54, 1.807) is 12.1 Å². The molecule has 0 amide bonds. The van der Waals surface area contributed by atoms with Gasteiger partial charge in [0.2, 0.25) is 0 Å². The number of hydrogen-bond donors (Lipinski definition) is 2. The van der Waals surface area contributed by atoms with Crippen molar-refractivity contribution in [2.45, 2.75) is 13.3 Å². The van der Waals surface area contributed by atoms with E-state index in [1.165, 1.54) is 37.7 Å². The molecule has 10 heteroatoms. The zero-order valence-corrected chi connectivity index (χ0v) is 16.0. The molecule has 1 aromatic carbocycles. The van der Waals surface area contributed by atoms with E-state index >= 15 is 0 Å². The molecule has 0 aliphatic carbocycles. The predicted octanol–water partition coefficient (Wildman–Crippen LogP) is 3.82. The number of methoxy groups -OCH3 is 2. The van der Waals surface area contributed by atoms with E-state index in [2.05, 4.69) is 10.6 Å². The summed E-state index contributed by atoms with van der Waals surface area (Å²) < 4.78 is 9.77. The van der Waals surface area contributed by atoms with Gasteiger partial charge < -0.3 is 20.1 Å². The van der Waals surface area contributed by atoms with E-state index in [-0.39, 0.29) is 16.5 Å². The van der Waals surface area contributed by atoms with Gasteiger partial charge in [0.05, 0.1) is 30.8 Å². The van der Waals surface area contributed by atoms with E-state index in [1.807, 2.05) is 6.92 Å². The van der Waals surface area contributed by atoms with Crippen LogP contribution in [-0.4, -0.2) is 30.2 Å². The van der Waals surface area contributed by atoms with Gasteiger partial charge in [0, 0.05) is 4.88 Å². The first-order chi connectivity index (χ1) is 12.4. The molecule has 0 aliphatic rings. The second kappa shape index (κ2) is 8.59. The van der Waals surface area contributed by atoms with Crippen LogP contribution in [0.15, 0.2) is 24.3 Å². The average molecular weight is 395 g/mol. The summed E-state index contributed by atoms with van der Waals surface area (Å²) in [6, 6.07) is 6.11. The highest BCUT2D eigenvalue weighted by atomic mass is 32.1. The number of carbonyl (C=O) groups is 1. The summed E-state index contributed by atoms with van der Waals surface area (Å²) in [6.07, 6.45) is 0.750. The molecule has 1 aromatic heterocycles. The van der Waals surface area contributed by atoms with Crippen LogP contribution in [0, 0.1) is 10.1 Å². The van der Waals surface area contributed by atoms with Crippen LogP contribution in [0.5, 0.6) is 5.75 Å². The fraction of sp³-hybridized carbons (Fsp3) is 0.250. The second-order valence-corrected chi connectivity index (χ2v) is 6.56. The number of nitro groups is 1. The predicted molar refractivity (Wildman–Crippen MR) is 105 cm³/mol. The van der Waals surface area contributed by atoms with Gasteiger partial charge in [-0.25, -0.2) is 4.79 Å². The first kappa shape index (κ1) is 19.6. The number of nitrogens with zero attached hydrogens (tertiary/aromatic N) is 1. The third-order valence-corrected chi connectivity index (χ3v) is 4.81. The van der Waals surface area contributed by atoms with Crippen LogP contribution < -0.4 is 15.4 Å². The van der Waals surface area contributed by atoms with E-state index in [4.69, 9.17) is 21.7 Å². The largest absolute Gasteiger partial charge is 0.496 e. The number of thiocarbonyl (C=S) groups is 1. The van der Waals surface area contributed by atoms with Crippen molar-refractivity contribution in [3.05, 3.63) is 44.8 Å². The molecule has 138 valence electrons. The minimum absolute atomic E-state index is 0.118. The van der Waals surface area contributed by atoms with Gasteiger partial charge >= 0.3 is 5.97 Å². The lowest BCUT2D eigenvalue weighted by molar-refractivity contribution is -0.384. The summed E-state index contributed by atoms with van der Waals surface area (Å²) in [5, 5.41) is 17.6. The molecule has 26 heavy (non-hydrogen) atoms. The lowest BCUT2D eigenvalue weighted by Crippen LogP contribution is -2.20. The number of aryl methyl sites for hydroxylation is 1. The van der Waals surface area contributed by atoms with Crippen molar-refractivity contribution >= 4 is 51.0 Å². The maximum atomic E-state index is 11.9. The SMILES string of the molecule is CCc1cc(C(=O)OC)c(NC(=S)Nc2ccc(OC)cc2[N+](=O)[O-])s1. The number of esters is 1. The number of rotatable bonds is 6. The van der Waals surface area contributed by atoms with Crippen LogP contribution in [0.1, 0.15) is 22.2 Å². The van der Waals surface area contributed by atoms with Crippen LogP contribution >= 0.6 is 23.6 Å². The van der Waals surface area contributed by atoms with Gasteiger partial charge in [-0.15, -0.1) is 11.3 Å². The molecular formula is C16H17N3O5S2. The zero-order valence-electron chi connectivity index (χ0n) is 14.3. The lowest BCUT2D eigenvalue weighted by atomic mass is 10.2. The summed E-state index contributed by atoms with van der Waals surface area (Å²) in [5.41, 5.74) is 0.394. The third kappa shape index (κ3) is 4.46. The normalized spacial score (nSPS) is 10.1. The highest BCUT2D eigenvalue weighted by molar-refractivity contribution is 7.80. The molecule has 0 aliphatic heterocycles. The Labute approximate surface area is 159 Å². The molecule has 0 unspecified atom stereocenters. The van der Waals surface area contributed by atoms with Gasteiger partial charge in [-0.3, -0.25) is 10.1 Å². The molecule has 0 fully saturated rings. The topological polar surface area (TPSA) is 103 Å². The average Bonchev–Trinajstić information content (AvgIpc) is 3.03. The molecule has 8 nitrogen and oxygen atoms in total. The van der Waals surface area contributed by atoms with Crippen LogP contribution in [-0.2, 0) is 11.2 Å². The van der Waals surface area contributed by atoms with Crippen molar-refractivity contribution in [2.75, 3.05) is 24.9 Å². The quantitative estimate of drug-likeness (QED) is 0.329. The molecular weight excluding hydrogens is 378 g/mol. The third-order valence-electron chi connectivity index (χ3n) is 3.41. The minimum Gasteiger partial charge on any atom is -0.496 e. The summed E-state index contributed by atoms with van der Waals surface area (Å²) in [5.74, 6) is -0.123. The molecule has 2 aromatic rings. The Balaban J connectivity index is 2.23. The molecule has 2 rings (SSSR count). The fourth-order valence-electron chi connectivity index (χ4n) is 2.12. The van der Waals surface area contributed by atoms with Gasteiger partial charge in [-0.05, 0) is 36.8 Å². The smallest absolute Gasteiger partial charge is 0.340 e. The standard InChI is InChI=1S/C16H17N3O5S2/c1-4-10-8-11(15(20)24-3)14(26-10)18-16(25)17-12-6-5-9(23-2)7-13(12)19(21)22/h5-8H,4H2,1-3H3,(H2,17,18,25). The number of nitrogens with one attached hydrogen (secondary N) is 2. The molecule has 0 radical (unpaired) electrons. The number of anilines is 2. The van der Waals surface area contributed by atoms with E-state index in [9.17, 15) is 14.9 Å². The van der Waals surface area contributed by atoms with Gasteiger partial charge in [0.15, 0.2) is 5.11 Å². The Kier molecular flexibility index (Phi) is 6.47. The zero-order chi connectivity index (χ0) is 19.3. The fourth-order valence-corrected chi connectivity index (χ4v) is 3.39. The second-order valence-electron chi connectivity index (χ2n) is 5.02. The number of nitro benzene ring substituents is 1. The first-order valence-corrected chi connectivity index (χ1v) is 8.73. The number of ether oxygens (including phenoxy) is 2. The number of hydrogen-bond acceptors (Lipinski definition) is 7. The molecule has 0 bridgehead atoms. The van der Waals surface area contributed by atoms with Crippen LogP contribution in [0.2, 0.25) is 0 Å². The summed E-state index contributed by atoms with van der Waals surface area (Å²) >= 11 is 6.60. The molecule has 0 saturated heterocycles. The Hall–Kier alpha value is -2.72. The van der Waals surface area contributed by atoms with Crippen LogP contribution in [0.3, 0.4) is 0 Å². The molecule has 0 atom stereocenters. The Bertz CT molecular complexity index is 850. The Morgan fingerprint density at radius 3 is 2.62 bits per heavy atom. The maximum absolute atomic E-state index is 11.9. The first-order valence-electron chi connectivity index (χ1n) is 7.51. The van der Waals surface area contributed by atoms with Crippen molar-refractivity contribution in [2.24, 2.45) is 0 Å². The highest BCUT2D eigenvalue weighted by Crippen LogP contribution is 2.31. The Morgan fingerprint density at radius 2 is 2.04 bits per heavy atom. The van der Waals surface area contributed by atoms with Gasteiger partial charge in [-0.2, -0.15) is 0 Å².